The van der Waals surface area contributed by atoms with Gasteiger partial charge in [0.2, 0.25) is 0 Å². The first-order valence-corrected chi connectivity index (χ1v) is 3.07. The molecule has 1 unspecified atom stereocenters. The van der Waals surface area contributed by atoms with Gasteiger partial charge in [0.1, 0.15) is 0 Å². The minimum absolute atomic E-state index is 0.525. The van der Waals surface area contributed by atoms with E-state index in [1.807, 2.05) is 0 Å². The Morgan fingerprint density at radius 2 is 2.33 bits per heavy atom. The molecule has 0 heterocycles. The van der Waals surface area contributed by atoms with Crippen molar-refractivity contribution in [2.24, 2.45) is 5.73 Å². The lowest BCUT2D eigenvalue weighted by Crippen LogP contribution is -2.11. The Labute approximate surface area is 47.0 Å². The Morgan fingerprint density at radius 3 is 2.33 bits per heavy atom. The lowest BCUT2D eigenvalue weighted by molar-refractivity contribution is 0.840. The maximum atomic E-state index is 5.24. The van der Waals surface area contributed by atoms with Gasteiger partial charge >= 0.3 is 0 Å². The summed E-state index contributed by atoms with van der Waals surface area (Å²) in [5.41, 5.74) is 5.24. The van der Waals surface area contributed by atoms with Crippen molar-refractivity contribution < 1.29 is 0 Å². The number of alkyl halides is 1. The van der Waals surface area contributed by atoms with Crippen molar-refractivity contribution >= 4 is 15.9 Å². The SMILES string of the molecule is CCC(Br)CN. The van der Waals surface area contributed by atoms with Crippen LogP contribution in [-0.4, -0.2) is 11.4 Å². The van der Waals surface area contributed by atoms with Crippen LogP contribution in [0.25, 0.3) is 0 Å². The van der Waals surface area contributed by atoms with Gasteiger partial charge in [-0.15, -0.1) is 0 Å². The van der Waals surface area contributed by atoms with Crippen LogP contribution < -0.4 is 5.73 Å². The molecule has 0 radical (unpaired) electrons. The number of hydrogen-bond donors (Lipinski definition) is 1. The molecule has 2 N–H and O–H groups in total. The molecule has 1 nitrogen and oxygen atoms in total. The van der Waals surface area contributed by atoms with Crippen molar-refractivity contribution in [1.82, 2.24) is 0 Å². The molecular formula is C4H10BrN. The molecule has 38 valence electrons. The molecule has 0 bridgehead atoms. The summed E-state index contributed by atoms with van der Waals surface area (Å²) in [6.07, 6.45) is 1.12. The van der Waals surface area contributed by atoms with Crippen LogP contribution in [0.3, 0.4) is 0 Å². The standard InChI is InChI=1S/C4H10BrN/c1-2-4(5)3-6/h4H,2-3,6H2,1H3. The zero-order valence-corrected chi connectivity index (χ0v) is 5.53. The zero-order valence-electron chi connectivity index (χ0n) is 3.95. The quantitative estimate of drug-likeness (QED) is 0.589. The second kappa shape index (κ2) is 3.62. The molecule has 0 amide bonds. The molecule has 0 aliphatic carbocycles. The molecule has 0 aromatic carbocycles. The van der Waals surface area contributed by atoms with Gasteiger partial charge in [0.05, 0.1) is 0 Å². The predicted molar refractivity (Wildman–Crippen MR) is 32.1 cm³/mol. The summed E-state index contributed by atoms with van der Waals surface area (Å²) >= 11 is 3.35. The lowest BCUT2D eigenvalue weighted by Gasteiger charge is -1.96. The molecule has 0 aromatic heterocycles. The molecule has 1 atom stereocenters. The Balaban J connectivity index is 2.75. The molecule has 0 aliphatic heterocycles. The maximum Gasteiger partial charge on any atom is 0.0265 e. The van der Waals surface area contributed by atoms with E-state index in [9.17, 15) is 0 Å². The fraction of sp³-hybridized carbons (Fsp3) is 1.00. The van der Waals surface area contributed by atoms with Crippen molar-refractivity contribution in [3.05, 3.63) is 0 Å². The van der Waals surface area contributed by atoms with E-state index in [1.54, 1.807) is 0 Å². The van der Waals surface area contributed by atoms with Crippen molar-refractivity contribution in [2.75, 3.05) is 6.54 Å². The second-order valence-electron chi connectivity index (χ2n) is 1.24. The number of hydrogen-bond acceptors (Lipinski definition) is 1. The molecule has 0 saturated carbocycles. The van der Waals surface area contributed by atoms with Gasteiger partial charge in [0.25, 0.3) is 0 Å². The first-order chi connectivity index (χ1) is 2.81. The summed E-state index contributed by atoms with van der Waals surface area (Å²) < 4.78 is 0. The third kappa shape index (κ3) is 2.67. The monoisotopic (exact) mass is 151 g/mol. The third-order valence-corrected chi connectivity index (χ3v) is 1.72. The average Bonchev–Trinajstić information content (AvgIpc) is 1.65. The van der Waals surface area contributed by atoms with Crippen LogP contribution in [0.1, 0.15) is 13.3 Å². The molecule has 0 rings (SSSR count). The van der Waals surface area contributed by atoms with E-state index in [0.717, 1.165) is 13.0 Å². The maximum absolute atomic E-state index is 5.24. The van der Waals surface area contributed by atoms with Crippen LogP contribution >= 0.6 is 15.9 Å². The summed E-state index contributed by atoms with van der Waals surface area (Å²) in [5, 5.41) is 0. The average molecular weight is 152 g/mol. The largest absolute Gasteiger partial charge is 0.329 e. The van der Waals surface area contributed by atoms with Crippen LogP contribution in [-0.2, 0) is 0 Å². The number of halogens is 1. The van der Waals surface area contributed by atoms with E-state index in [-0.39, 0.29) is 0 Å². The fourth-order valence-electron chi connectivity index (χ4n) is 0.167. The van der Waals surface area contributed by atoms with Crippen LogP contribution in [0.2, 0.25) is 0 Å². The highest BCUT2D eigenvalue weighted by Gasteiger charge is 1.91. The smallest absolute Gasteiger partial charge is 0.0265 e. The molecule has 2 heteroatoms. The first kappa shape index (κ1) is 6.44. The summed E-state index contributed by atoms with van der Waals surface area (Å²) in [6, 6.07) is 0. The summed E-state index contributed by atoms with van der Waals surface area (Å²) in [4.78, 5) is 0.525. The van der Waals surface area contributed by atoms with Gasteiger partial charge in [0.15, 0.2) is 0 Å². The molecular weight excluding hydrogens is 142 g/mol. The van der Waals surface area contributed by atoms with Crippen LogP contribution in [0, 0.1) is 0 Å². The van der Waals surface area contributed by atoms with Crippen molar-refractivity contribution in [3.8, 4) is 0 Å². The highest BCUT2D eigenvalue weighted by atomic mass is 79.9. The van der Waals surface area contributed by atoms with Crippen LogP contribution in [0.4, 0.5) is 0 Å². The highest BCUT2D eigenvalue weighted by Crippen LogP contribution is 1.99. The second-order valence-corrected chi connectivity index (χ2v) is 2.54. The summed E-state index contributed by atoms with van der Waals surface area (Å²) in [6.45, 7) is 2.85. The van der Waals surface area contributed by atoms with E-state index in [2.05, 4.69) is 22.9 Å². The van der Waals surface area contributed by atoms with Gasteiger partial charge < -0.3 is 5.73 Å². The van der Waals surface area contributed by atoms with Gasteiger partial charge in [0, 0.05) is 11.4 Å². The van der Waals surface area contributed by atoms with E-state index >= 15 is 0 Å². The van der Waals surface area contributed by atoms with Crippen molar-refractivity contribution in [3.63, 3.8) is 0 Å². The van der Waals surface area contributed by atoms with Crippen LogP contribution in [0.15, 0.2) is 0 Å². The van der Waals surface area contributed by atoms with Gasteiger partial charge in [-0.3, -0.25) is 0 Å². The Hall–Kier alpha value is 0.440. The molecule has 0 aliphatic rings. The molecule has 6 heavy (non-hydrogen) atoms. The molecule has 0 spiro atoms. The lowest BCUT2D eigenvalue weighted by atomic mass is 10.3. The van der Waals surface area contributed by atoms with Crippen LogP contribution in [0.5, 0.6) is 0 Å². The van der Waals surface area contributed by atoms with Gasteiger partial charge in [-0.25, -0.2) is 0 Å². The van der Waals surface area contributed by atoms with Gasteiger partial charge in [-0.1, -0.05) is 22.9 Å². The van der Waals surface area contributed by atoms with Crippen molar-refractivity contribution in [2.45, 2.75) is 18.2 Å². The zero-order chi connectivity index (χ0) is 4.99. The third-order valence-electron chi connectivity index (χ3n) is 0.699. The predicted octanol–water partition coefficient (Wildman–Crippen LogP) is 1.12. The molecule has 0 saturated heterocycles. The van der Waals surface area contributed by atoms with Crippen molar-refractivity contribution in [1.29, 1.82) is 0 Å². The fourth-order valence-corrected chi connectivity index (χ4v) is 0.167. The minimum Gasteiger partial charge on any atom is -0.329 e. The summed E-state index contributed by atoms with van der Waals surface area (Å²) in [7, 11) is 0. The summed E-state index contributed by atoms with van der Waals surface area (Å²) in [5.74, 6) is 0. The normalized spacial score (nSPS) is 14.5. The number of rotatable bonds is 2. The van der Waals surface area contributed by atoms with Gasteiger partial charge in [-0.2, -0.15) is 0 Å². The Morgan fingerprint density at radius 1 is 1.83 bits per heavy atom. The topological polar surface area (TPSA) is 26.0 Å². The first-order valence-electron chi connectivity index (χ1n) is 2.15. The molecule has 0 aromatic rings. The van der Waals surface area contributed by atoms with E-state index in [1.165, 1.54) is 0 Å². The molecule has 0 fully saturated rings. The van der Waals surface area contributed by atoms with Gasteiger partial charge in [-0.05, 0) is 6.42 Å². The van der Waals surface area contributed by atoms with E-state index in [4.69, 9.17) is 5.73 Å². The Kier molecular flexibility index (Phi) is 3.89. The number of nitrogens with two attached hydrogens (primary N) is 1. The van der Waals surface area contributed by atoms with E-state index in [0.29, 0.717) is 4.83 Å². The highest BCUT2D eigenvalue weighted by molar-refractivity contribution is 9.09. The minimum atomic E-state index is 0.525. The van der Waals surface area contributed by atoms with E-state index < -0.39 is 0 Å². The Bertz CT molecular complexity index is 26.7.